The number of rotatable bonds is 9. The molecule has 1 aromatic heterocycles. The van der Waals surface area contributed by atoms with E-state index in [1.165, 1.54) is 33.2 Å². The molecular weight excluding hydrogens is 502 g/mol. The normalized spacial score (nSPS) is 15.0. The summed E-state index contributed by atoms with van der Waals surface area (Å²) in [6, 6.07) is 40.1. The largest absolute Gasteiger partial charge is 0.343 e. The van der Waals surface area contributed by atoms with Crippen LogP contribution in [0.15, 0.2) is 128 Å². The third-order valence-corrected chi connectivity index (χ3v) is 8.17. The highest BCUT2D eigenvalue weighted by atomic mass is 16.2. The number of carbonyl (C=O) groups excluding carboxylic acids is 1. The third kappa shape index (κ3) is 6.50. The number of nitrogens with zero attached hydrogens (tertiary/aromatic N) is 3. The highest BCUT2D eigenvalue weighted by Crippen LogP contribution is 2.35. The summed E-state index contributed by atoms with van der Waals surface area (Å²) in [6.07, 6.45) is 7.15. The number of para-hydroxylation sites is 1. The van der Waals surface area contributed by atoms with Crippen molar-refractivity contribution in [1.29, 1.82) is 0 Å². The molecule has 1 atom stereocenters. The monoisotopic (exact) mass is 539 g/mol. The number of carbonyl (C=O) groups is 1. The summed E-state index contributed by atoms with van der Waals surface area (Å²) in [5.41, 5.74) is 6.10. The lowest BCUT2D eigenvalue weighted by molar-refractivity contribution is -0.133. The Hall–Kier alpha value is -4.41. The first-order chi connectivity index (χ1) is 20.2. The molecular formula is C37H37N3O. The van der Waals surface area contributed by atoms with Crippen molar-refractivity contribution >= 4 is 22.9 Å². The summed E-state index contributed by atoms with van der Waals surface area (Å²) in [7, 11) is 0. The Morgan fingerprint density at radius 1 is 0.732 bits per heavy atom. The van der Waals surface area contributed by atoms with Crippen LogP contribution in [0.3, 0.4) is 0 Å². The zero-order chi connectivity index (χ0) is 27.9. The van der Waals surface area contributed by atoms with Gasteiger partial charge in [0.2, 0.25) is 5.91 Å². The van der Waals surface area contributed by atoms with Gasteiger partial charge in [-0.1, -0.05) is 121 Å². The van der Waals surface area contributed by atoms with Crippen LogP contribution in [0.5, 0.6) is 0 Å². The number of piperazine rings is 1. The van der Waals surface area contributed by atoms with Crippen LogP contribution < -0.4 is 0 Å². The maximum atomic E-state index is 13.8. The minimum atomic E-state index is -0.00235. The van der Waals surface area contributed by atoms with Crippen LogP contribution >= 0.6 is 0 Å². The van der Waals surface area contributed by atoms with E-state index in [1.54, 1.807) is 0 Å². The second kappa shape index (κ2) is 12.8. The van der Waals surface area contributed by atoms with E-state index in [0.29, 0.717) is 6.42 Å². The molecule has 4 heteroatoms. The van der Waals surface area contributed by atoms with Gasteiger partial charge in [-0.25, -0.2) is 0 Å². The quantitative estimate of drug-likeness (QED) is 0.200. The Labute approximate surface area is 243 Å². The van der Waals surface area contributed by atoms with E-state index in [-0.39, 0.29) is 11.8 Å². The van der Waals surface area contributed by atoms with Gasteiger partial charge in [-0.2, -0.15) is 0 Å². The van der Waals surface area contributed by atoms with E-state index in [4.69, 9.17) is 0 Å². The molecule has 41 heavy (non-hydrogen) atoms. The Kier molecular flexibility index (Phi) is 8.39. The number of amides is 1. The fourth-order valence-corrected chi connectivity index (χ4v) is 5.94. The molecule has 1 unspecified atom stereocenters. The molecule has 1 aliphatic heterocycles. The van der Waals surface area contributed by atoms with E-state index >= 15 is 0 Å². The maximum Gasteiger partial charge on any atom is 0.223 e. The van der Waals surface area contributed by atoms with Gasteiger partial charge in [-0.05, 0) is 28.3 Å². The highest BCUT2D eigenvalue weighted by molar-refractivity contribution is 5.87. The molecule has 6 rings (SSSR count). The zero-order valence-corrected chi connectivity index (χ0v) is 23.5. The Balaban J connectivity index is 1.18. The van der Waals surface area contributed by atoms with Crippen LogP contribution in [-0.2, 0) is 11.3 Å². The predicted octanol–water partition coefficient (Wildman–Crippen LogP) is 7.07. The number of hydrogen-bond donors (Lipinski definition) is 0. The van der Waals surface area contributed by atoms with Crippen molar-refractivity contribution in [2.24, 2.45) is 0 Å². The summed E-state index contributed by atoms with van der Waals surface area (Å²) < 4.78 is 2.34. The molecule has 4 nitrogen and oxygen atoms in total. The van der Waals surface area contributed by atoms with E-state index in [9.17, 15) is 4.79 Å². The third-order valence-electron chi connectivity index (χ3n) is 8.17. The second-order valence-corrected chi connectivity index (χ2v) is 10.9. The van der Waals surface area contributed by atoms with Crippen molar-refractivity contribution in [3.05, 3.63) is 150 Å². The highest BCUT2D eigenvalue weighted by Gasteiger charge is 2.27. The van der Waals surface area contributed by atoms with Crippen molar-refractivity contribution in [3.63, 3.8) is 0 Å². The van der Waals surface area contributed by atoms with Gasteiger partial charge in [0, 0.05) is 68.7 Å². The fraction of sp³-hybridized carbons (Fsp3) is 0.216. The van der Waals surface area contributed by atoms with Gasteiger partial charge in [-0.15, -0.1) is 0 Å². The van der Waals surface area contributed by atoms with Gasteiger partial charge in [0.15, 0.2) is 0 Å². The van der Waals surface area contributed by atoms with Crippen molar-refractivity contribution in [2.75, 3.05) is 32.7 Å². The topological polar surface area (TPSA) is 28.5 Å². The minimum absolute atomic E-state index is 0.00235. The second-order valence-electron chi connectivity index (χ2n) is 10.9. The summed E-state index contributed by atoms with van der Waals surface area (Å²) in [4.78, 5) is 18.3. The summed E-state index contributed by atoms with van der Waals surface area (Å²) in [5, 5.41) is 1.22. The number of benzene rings is 4. The molecule has 1 fully saturated rings. The first-order valence-electron chi connectivity index (χ1n) is 14.6. The molecule has 0 N–H and O–H groups in total. The SMILES string of the molecule is O=C(CC(c1ccccc1)c1cn(Cc2ccccc2)c2ccccc12)N1CCN(CC=Cc2ccccc2)CC1. The van der Waals surface area contributed by atoms with Crippen molar-refractivity contribution in [1.82, 2.24) is 14.4 Å². The molecule has 1 saturated heterocycles. The molecule has 2 heterocycles. The Morgan fingerprint density at radius 2 is 1.37 bits per heavy atom. The zero-order valence-electron chi connectivity index (χ0n) is 23.5. The average Bonchev–Trinajstić information content (AvgIpc) is 3.39. The molecule has 0 saturated carbocycles. The summed E-state index contributed by atoms with van der Waals surface area (Å²) in [5.74, 6) is 0.232. The number of fused-ring (bicyclic) bond motifs is 1. The standard InChI is InChI=1S/C37H37N3O/c41-37(39-25-23-38(24-26-39)22-12-17-30-13-4-1-5-14-30)27-34(32-18-8-3-9-19-32)35-29-40(28-31-15-6-2-7-16-31)36-21-11-10-20-33(35)36/h1-21,29,34H,22-28H2. The molecule has 0 bridgehead atoms. The smallest absolute Gasteiger partial charge is 0.223 e. The van der Waals surface area contributed by atoms with Crippen molar-refractivity contribution < 1.29 is 4.79 Å². The molecule has 1 aliphatic rings. The molecule has 0 spiro atoms. The summed E-state index contributed by atoms with van der Waals surface area (Å²) >= 11 is 0. The lowest BCUT2D eigenvalue weighted by Gasteiger charge is -2.35. The predicted molar refractivity (Wildman–Crippen MR) is 169 cm³/mol. The fourth-order valence-electron chi connectivity index (χ4n) is 5.94. The van der Waals surface area contributed by atoms with E-state index in [2.05, 4.69) is 136 Å². The molecule has 1 amide bonds. The Morgan fingerprint density at radius 3 is 2.10 bits per heavy atom. The van der Waals surface area contributed by atoms with Crippen LogP contribution in [0.2, 0.25) is 0 Å². The lowest BCUT2D eigenvalue weighted by atomic mass is 9.87. The van der Waals surface area contributed by atoms with Crippen molar-refractivity contribution in [2.45, 2.75) is 18.9 Å². The minimum Gasteiger partial charge on any atom is -0.343 e. The van der Waals surface area contributed by atoms with Gasteiger partial charge in [0.05, 0.1) is 0 Å². The van der Waals surface area contributed by atoms with Gasteiger partial charge < -0.3 is 9.47 Å². The van der Waals surface area contributed by atoms with Gasteiger partial charge in [-0.3, -0.25) is 9.69 Å². The summed E-state index contributed by atoms with van der Waals surface area (Å²) in [6.45, 7) is 5.06. The first-order valence-corrected chi connectivity index (χ1v) is 14.6. The van der Waals surface area contributed by atoms with Gasteiger partial charge >= 0.3 is 0 Å². The number of aromatic nitrogens is 1. The van der Waals surface area contributed by atoms with Crippen LogP contribution in [0.1, 0.15) is 34.6 Å². The van der Waals surface area contributed by atoms with E-state index < -0.39 is 0 Å². The van der Waals surface area contributed by atoms with E-state index in [1.807, 2.05) is 12.1 Å². The maximum absolute atomic E-state index is 13.8. The lowest BCUT2D eigenvalue weighted by Crippen LogP contribution is -2.48. The number of hydrogen-bond acceptors (Lipinski definition) is 2. The molecule has 0 aliphatic carbocycles. The van der Waals surface area contributed by atoms with Crippen LogP contribution in [0, 0.1) is 0 Å². The Bertz CT molecular complexity index is 1580. The van der Waals surface area contributed by atoms with Gasteiger partial charge in [0.1, 0.15) is 0 Å². The van der Waals surface area contributed by atoms with Crippen LogP contribution in [0.4, 0.5) is 0 Å². The molecule has 206 valence electrons. The van der Waals surface area contributed by atoms with Crippen LogP contribution in [-0.4, -0.2) is 53.0 Å². The molecule has 5 aromatic rings. The van der Waals surface area contributed by atoms with Gasteiger partial charge in [0.25, 0.3) is 0 Å². The van der Waals surface area contributed by atoms with Crippen molar-refractivity contribution in [3.8, 4) is 0 Å². The van der Waals surface area contributed by atoms with E-state index in [0.717, 1.165) is 39.3 Å². The molecule has 4 aromatic carbocycles. The first kappa shape index (κ1) is 26.8. The van der Waals surface area contributed by atoms with Crippen LogP contribution in [0.25, 0.3) is 17.0 Å². The average molecular weight is 540 g/mol. The molecule has 0 radical (unpaired) electrons.